The molecule has 12 heavy (non-hydrogen) atoms. The van der Waals surface area contributed by atoms with Crippen molar-refractivity contribution in [3.8, 4) is 0 Å². The highest BCUT2D eigenvalue weighted by Gasteiger charge is 2.01. The van der Waals surface area contributed by atoms with E-state index in [1.807, 2.05) is 0 Å². The minimum absolute atomic E-state index is 0.451. The molecule has 0 aliphatic heterocycles. The molecule has 1 aromatic rings. The van der Waals surface area contributed by atoms with Crippen LogP contribution in [0.4, 0.5) is 5.69 Å². The smallest absolute Gasteiger partial charge is 0.0842 e. The number of nitrogens with one attached hydrogen (secondary N) is 1. The molecule has 0 aliphatic carbocycles. The molecular weight excluding hydrogens is 235 g/mol. The van der Waals surface area contributed by atoms with Crippen LogP contribution in [0.5, 0.6) is 0 Å². The van der Waals surface area contributed by atoms with Gasteiger partial charge in [-0.2, -0.15) is 0 Å². The first-order chi connectivity index (χ1) is 5.75. The molecule has 1 N–H and O–H groups in total. The Hall–Kier alpha value is -0.160. The van der Waals surface area contributed by atoms with Gasteiger partial charge in [-0.15, -0.1) is 4.47 Å². The average molecular weight is 239 g/mol. The number of nitrogens with zero attached hydrogens (tertiary/aromatic N) is 1. The Balaban J connectivity index is 2.99. The minimum atomic E-state index is 0.451. The second-order valence-corrected chi connectivity index (χ2v) is 3.44. The Labute approximate surface area is 88.2 Å². The zero-order chi connectivity index (χ0) is 8.97. The molecule has 0 spiro atoms. The maximum absolute atomic E-state index is 5.83. The molecule has 0 atom stereocenters. The summed E-state index contributed by atoms with van der Waals surface area (Å²) in [5.41, 5.74) is 3.33. The Kier molecular flexibility index (Phi) is 3.94. The fourth-order valence-electron chi connectivity index (χ4n) is 0.658. The molecule has 0 fully saturated rings. The van der Waals surface area contributed by atoms with E-state index in [-0.39, 0.29) is 0 Å². The summed E-state index contributed by atoms with van der Waals surface area (Å²) in [6, 6.07) is 5.25. The lowest BCUT2D eigenvalue weighted by atomic mass is 10.3. The molecule has 0 aromatic heterocycles. The molecule has 6 heteroatoms. The number of rotatable bonds is 2. The first-order valence-corrected chi connectivity index (χ1v) is 5.40. The summed E-state index contributed by atoms with van der Waals surface area (Å²) < 4.78 is 3.68. The number of halogens is 2. The molecule has 0 amide bonds. The fourth-order valence-corrected chi connectivity index (χ4v) is 1.25. The highest BCUT2D eigenvalue weighted by Crippen LogP contribution is 2.29. The summed E-state index contributed by atoms with van der Waals surface area (Å²) in [6.07, 6.45) is 0. The molecule has 1 aromatic carbocycles. The average Bonchev–Trinajstić information content (AvgIpc) is 2.08. The van der Waals surface area contributed by atoms with Crippen molar-refractivity contribution in [2.45, 2.75) is 0 Å². The molecule has 2 nitrogen and oxygen atoms in total. The monoisotopic (exact) mass is 238 g/mol. The second-order valence-electron chi connectivity index (χ2n) is 1.88. The molecule has 1 rings (SSSR count). The van der Waals surface area contributed by atoms with Crippen LogP contribution >= 0.6 is 23.2 Å². The topological polar surface area (TPSA) is 24.4 Å². The molecule has 0 heterocycles. The van der Waals surface area contributed by atoms with Crippen LogP contribution in [0, 0.1) is 0 Å². The van der Waals surface area contributed by atoms with Gasteiger partial charge in [-0.3, -0.25) is 5.43 Å². The molecule has 0 radical (unpaired) electrons. The maximum Gasteiger partial charge on any atom is 0.0842 e. The van der Waals surface area contributed by atoms with Crippen molar-refractivity contribution in [3.05, 3.63) is 28.2 Å². The number of benzene rings is 1. The van der Waals surface area contributed by atoms with Crippen LogP contribution < -0.4 is 5.43 Å². The number of anilines is 1. The largest absolute Gasteiger partial charge is 0.266 e. The Morgan fingerprint density at radius 3 is 2.83 bits per heavy atom. The summed E-state index contributed by atoms with van der Waals surface area (Å²) in [5.74, 6) is 0. The third-order valence-corrected chi connectivity index (χ3v) is 2.36. The molecule has 0 bridgehead atoms. The van der Waals surface area contributed by atoms with E-state index < -0.39 is 0 Å². The van der Waals surface area contributed by atoms with E-state index in [0.29, 0.717) is 15.7 Å². The van der Waals surface area contributed by atoms with Gasteiger partial charge in [-0.05, 0) is 12.1 Å². The lowest BCUT2D eigenvalue weighted by molar-refractivity contribution is 1.39. The van der Waals surface area contributed by atoms with Crippen LogP contribution in [-0.2, 0) is 21.3 Å². The summed E-state index contributed by atoms with van der Waals surface area (Å²) in [4.78, 5) is 0. The van der Waals surface area contributed by atoms with Crippen LogP contribution in [0.15, 0.2) is 22.7 Å². The van der Waals surface area contributed by atoms with Gasteiger partial charge < -0.3 is 0 Å². The van der Waals surface area contributed by atoms with Crippen LogP contribution in [0.3, 0.4) is 0 Å². The number of hydrogen-bond acceptors (Lipinski definition) is 2. The molecule has 0 saturated carbocycles. The van der Waals surface area contributed by atoms with Crippen molar-refractivity contribution < 1.29 is 0 Å². The maximum atomic E-state index is 5.83. The van der Waals surface area contributed by atoms with Gasteiger partial charge in [0.25, 0.3) is 0 Å². The normalized spacial score (nSPS) is 9.17. The van der Waals surface area contributed by atoms with Gasteiger partial charge in [-0.25, -0.2) is 0 Å². The van der Waals surface area contributed by atoms with Crippen molar-refractivity contribution >= 4 is 50.2 Å². The predicted molar refractivity (Wildman–Crippen MR) is 57.2 cm³/mol. The van der Waals surface area contributed by atoms with Gasteiger partial charge in [0.05, 0.1) is 25.9 Å². The lowest BCUT2D eigenvalue weighted by Gasteiger charge is -2.01. The van der Waals surface area contributed by atoms with E-state index in [9.17, 15) is 0 Å². The highest BCUT2D eigenvalue weighted by atomic mass is 35.5. The summed E-state index contributed by atoms with van der Waals surface area (Å²) in [6.45, 7) is 0. The van der Waals surface area contributed by atoms with Gasteiger partial charge in [-0.1, -0.05) is 29.3 Å². The molecular formula is C6H4Cl2N2S2. The van der Waals surface area contributed by atoms with Crippen molar-refractivity contribution in [1.82, 2.24) is 0 Å². The zero-order valence-corrected chi connectivity index (χ0v) is 8.90. The first kappa shape index (κ1) is 9.92. The summed E-state index contributed by atoms with van der Waals surface area (Å²) >= 11 is 16.1. The van der Waals surface area contributed by atoms with Gasteiger partial charge >= 0.3 is 0 Å². The fraction of sp³-hybridized carbons (Fsp3) is 0. The molecule has 0 saturated heterocycles. The zero-order valence-electron chi connectivity index (χ0n) is 5.75. The van der Waals surface area contributed by atoms with E-state index in [1.165, 1.54) is 0 Å². The SMILES string of the molecule is S=S=NNc1cccc(Cl)c1Cl. The van der Waals surface area contributed by atoms with E-state index >= 15 is 0 Å². The number of hydrogen-bond donors (Lipinski definition) is 1. The highest BCUT2D eigenvalue weighted by molar-refractivity contribution is 8.12. The predicted octanol–water partition coefficient (Wildman–Crippen LogP) is 3.05. The summed E-state index contributed by atoms with van der Waals surface area (Å²) in [7, 11) is 0.907. The van der Waals surface area contributed by atoms with E-state index in [1.54, 1.807) is 18.2 Å². The van der Waals surface area contributed by atoms with E-state index in [0.717, 1.165) is 10.1 Å². The minimum Gasteiger partial charge on any atom is -0.266 e. The quantitative estimate of drug-likeness (QED) is 0.802. The van der Waals surface area contributed by atoms with Crippen molar-refractivity contribution in [2.75, 3.05) is 5.43 Å². The summed E-state index contributed by atoms with van der Waals surface area (Å²) in [5, 5.41) is 0.943. The van der Waals surface area contributed by atoms with Gasteiger partial charge in [0.2, 0.25) is 0 Å². The Morgan fingerprint density at radius 1 is 1.42 bits per heavy atom. The third-order valence-electron chi connectivity index (χ3n) is 1.15. The molecule has 64 valence electrons. The Bertz CT molecular complexity index is 336. The van der Waals surface area contributed by atoms with Crippen molar-refractivity contribution in [3.63, 3.8) is 0 Å². The molecule has 0 aliphatic rings. The lowest BCUT2D eigenvalue weighted by Crippen LogP contribution is -1.87. The van der Waals surface area contributed by atoms with Crippen molar-refractivity contribution in [1.29, 1.82) is 0 Å². The molecule has 0 unspecified atom stereocenters. The van der Waals surface area contributed by atoms with E-state index in [4.69, 9.17) is 23.2 Å². The third kappa shape index (κ3) is 2.42. The standard InChI is InChI=1S/C6H4Cl2N2S2/c7-4-2-1-3-5(6(4)8)9-10-12-11/h1-3,9H. The van der Waals surface area contributed by atoms with Crippen LogP contribution in [0.25, 0.3) is 0 Å². The van der Waals surface area contributed by atoms with Gasteiger partial charge in [0, 0.05) is 11.2 Å². The van der Waals surface area contributed by atoms with Gasteiger partial charge in [0.15, 0.2) is 0 Å². The second kappa shape index (κ2) is 4.77. The Morgan fingerprint density at radius 2 is 2.17 bits per heavy atom. The van der Waals surface area contributed by atoms with Crippen LogP contribution in [-0.4, -0.2) is 0 Å². The van der Waals surface area contributed by atoms with Crippen LogP contribution in [0.1, 0.15) is 0 Å². The first-order valence-electron chi connectivity index (χ1n) is 2.94. The van der Waals surface area contributed by atoms with Crippen molar-refractivity contribution in [2.24, 2.45) is 4.47 Å². The van der Waals surface area contributed by atoms with E-state index in [2.05, 4.69) is 21.1 Å². The van der Waals surface area contributed by atoms with Crippen LogP contribution in [0.2, 0.25) is 10.0 Å². The van der Waals surface area contributed by atoms with Gasteiger partial charge in [0.1, 0.15) is 0 Å².